The molecule has 1 fully saturated rings. The van der Waals surface area contributed by atoms with Gasteiger partial charge < -0.3 is 4.90 Å². The molecule has 3 aliphatic rings. The number of anilines is 1. The van der Waals surface area contributed by atoms with E-state index >= 15 is 0 Å². The molecule has 0 bridgehead atoms. The van der Waals surface area contributed by atoms with Gasteiger partial charge in [0.1, 0.15) is 0 Å². The largest absolute Gasteiger partial charge is 0.368 e. The van der Waals surface area contributed by atoms with Gasteiger partial charge in [0.25, 0.3) is 11.8 Å². The average molecular weight is 420 g/mol. The summed E-state index contributed by atoms with van der Waals surface area (Å²) in [7, 11) is 0. The Bertz CT molecular complexity index is 976. The second-order valence-corrected chi connectivity index (χ2v) is 8.67. The van der Waals surface area contributed by atoms with Crippen LogP contribution < -0.4 is 4.90 Å². The number of rotatable bonds is 6. The molecular weight excluding hydrogens is 390 g/mol. The van der Waals surface area contributed by atoms with E-state index < -0.39 is 0 Å². The van der Waals surface area contributed by atoms with Gasteiger partial charge in [-0.1, -0.05) is 18.2 Å². The lowest BCUT2D eigenvalue weighted by Gasteiger charge is -2.38. The number of fused-ring (bicyclic) bond motifs is 1. The first-order chi connectivity index (χ1) is 15.2. The quantitative estimate of drug-likeness (QED) is 0.532. The summed E-state index contributed by atoms with van der Waals surface area (Å²) in [5, 5.41) is 4.17. The standard InChI is InChI=1S/C24H29N5O2/c30-23-20-8-4-9-21(22(20)24(31)29(23)17-16-28-11-5-10-25-28)27-14-12-26(13-15-27)18-19-6-2-1-3-7-19/h1-2,4-5,8-11,19H,3,6-7,12-18H2/t19-/m1/s1. The molecule has 1 aliphatic carbocycles. The summed E-state index contributed by atoms with van der Waals surface area (Å²) in [5.41, 5.74) is 2.00. The predicted octanol–water partition coefficient (Wildman–Crippen LogP) is 2.66. The number of carbonyl (C=O) groups is 2. The lowest BCUT2D eigenvalue weighted by molar-refractivity contribution is 0.0647. The molecule has 0 unspecified atom stereocenters. The number of aromatic nitrogens is 2. The number of imide groups is 1. The third-order valence-corrected chi connectivity index (χ3v) is 6.70. The van der Waals surface area contributed by atoms with E-state index in [1.54, 1.807) is 16.9 Å². The second kappa shape index (κ2) is 8.67. The maximum atomic E-state index is 13.2. The van der Waals surface area contributed by atoms with Crippen molar-refractivity contribution in [3.63, 3.8) is 0 Å². The number of carbonyl (C=O) groups excluding carboxylic acids is 2. The third-order valence-electron chi connectivity index (χ3n) is 6.70. The molecule has 7 nitrogen and oxygen atoms in total. The van der Waals surface area contributed by atoms with Crippen molar-refractivity contribution in [3.05, 3.63) is 59.9 Å². The van der Waals surface area contributed by atoms with Gasteiger partial charge >= 0.3 is 0 Å². The molecule has 1 saturated heterocycles. The highest BCUT2D eigenvalue weighted by molar-refractivity contribution is 6.23. The summed E-state index contributed by atoms with van der Waals surface area (Å²) < 4.78 is 1.74. The highest BCUT2D eigenvalue weighted by atomic mass is 16.2. The number of amides is 2. The van der Waals surface area contributed by atoms with Gasteiger partial charge in [-0.3, -0.25) is 24.1 Å². The van der Waals surface area contributed by atoms with Crippen molar-refractivity contribution in [1.29, 1.82) is 0 Å². The minimum atomic E-state index is -0.196. The van der Waals surface area contributed by atoms with Gasteiger partial charge in [-0.2, -0.15) is 5.10 Å². The van der Waals surface area contributed by atoms with Gasteiger partial charge in [-0.15, -0.1) is 0 Å². The van der Waals surface area contributed by atoms with E-state index in [0.29, 0.717) is 24.2 Å². The zero-order valence-corrected chi connectivity index (χ0v) is 17.8. The van der Waals surface area contributed by atoms with Gasteiger partial charge in [0.2, 0.25) is 0 Å². The zero-order chi connectivity index (χ0) is 21.2. The van der Waals surface area contributed by atoms with Crippen LogP contribution in [0.1, 0.15) is 40.0 Å². The fourth-order valence-electron chi connectivity index (χ4n) is 4.98. The first-order valence-corrected chi connectivity index (χ1v) is 11.3. The maximum absolute atomic E-state index is 13.2. The van der Waals surface area contributed by atoms with E-state index in [-0.39, 0.29) is 11.8 Å². The number of benzene rings is 1. The molecule has 1 aromatic carbocycles. The van der Waals surface area contributed by atoms with Crippen molar-refractivity contribution in [1.82, 2.24) is 19.6 Å². The van der Waals surface area contributed by atoms with Gasteiger partial charge in [-0.05, 0) is 43.4 Å². The minimum absolute atomic E-state index is 0.181. The van der Waals surface area contributed by atoms with Crippen LogP contribution in [0.2, 0.25) is 0 Å². The number of hydrogen-bond donors (Lipinski definition) is 0. The molecule has 0 radical (unpaired) electrons. The van der Waals surface area contributed by atoms with E-state index in [1.807, 2.05) is 24.4 Å². The van der Waals surface area contributed by atoms with E-state index in [4.69, 9.17) is 0 Å². The van der Waals surface area contributed by atoms with Gasteiger partial charge in [0.05, 0.1) is 23.4 Å². The van der Waals surface area contributed by atoms with E-state index in [2.05, 4.69) is 27.1 Å². The van der Waals surface area contributed by atoms with Crippen LogP contribution >= 0.6 is 0 Å². The Morgan fingerprint density at radius 3 is 2.58 bits per heavy atom. The fourth-order valence-corrected chi connectivity index (χ4v) is 4.98. The zero-order valence-electron chi connectivity index (χ0n) is 17.8. The fraction of sp³-hybridized carbons (Fsp3) is 0.458. The Kier molecular flexibility index (Phi) is 5.59. The molecule has 7 heteroatoms. The number of allylic oxidation sites excluding steroid dienone is 2. The van der Waals surface area contributed by atoms with Crippen molar-refractivity contribution in [2.24, 2.45) is 5.92 Å². The predicted molar refractivity (Wildman–Crippen MR) is 119 cm³/mol. The second-order valence-electron chi connectivity index (χ2n) is 8.67. The first kappa shape index (κ1) is 20.0. The Labute approximate surface area is 182 Å². The summed E-state index contributed by atoms with van der Waals surface area (Å²) in [5.74, 6) is 0.386. The van der Waals surface area contributed by atoms with Crippen molar-refractivity contribution >= 4 is 17.5 Å². The lowest BCUT2D eigenvalue weighted by Crippen LogP contribution is -2.48. The molecule has 1 aromatic heterocycles. The molecule has 1 atom stereocenters. The normalized spacial score (nSPS) is 21.7. The van der Waals surface area contributed by atoms with Crippen LogP contribution in [0.3, 0.4) is 0 Å². The smallest absolute Gasteiger partial charge is 0.263 e. The SMILES string of the molecule is O=C1c2cccc(N3CCN(C[C@@H]4CC=CCC4)CC3)c2C(=O)N1CCn1cccn1. The molecule has 2 aliphatic heterocycles. The Balaban J connectivity index is 1.26. The molecule has 2 amide bonds. The van der Waals surface area contributed by atoms with Crippen LogP contribution in [-0.4, -0.2) is 70.7 Å². The summed E-state index contributed by atoms with van der Waals surface area (Å²) in [6, 6.07) is 7.50. The highest BCUT2D eigenvalue weighted by Crippen LogP contribution is 2.32. The van der Waals surface area contributed by atoms with Crippen molar-refractivity contribution in [2.45, 2.75) is 25.8 Å². The van der Waals surface area contributed by atoms with Gasteiger partial charge in [0.15, 0.2) is 0 Å². The summed E-state index contributed by atoms with van der Waals surface area (Å²) in [6.07, 6.45) is 11.8. The van der Waals surface area contributed by atoms with Gasteiger partial charge in [0, 0.05) is 51.7 Å². The molecule has 31 heavy (non-hydrogen) atoms. The van der Waals surface area contributed by atoms with E-state index in [0.717, 1.165) is 44.3 Å². The highest BCUT2D eigenvalue weighted by Gasteiger charge is 2.38. The lowest BCUT2D eigenvalue weighted by atomic mass is 9.94. The number of piperazine rings is 1. The van der Waals surface area contributed by atoms with Crippen molar-refractivity contribution in [2.75, 3.05) is 44.2 Å². The Morgan fingerprint density at radius 2 is 1.84 bits per heavy atom. The van der Waals surface area contributed by atoms with Crippen LogP contribution in [0.15, 0.2) is 48.8 Å². The average Bonchev–Trinajstić information content (AvgIpc) is 3.41. The molecular formula is C24H29N5O2. The molecule has 162 valence electrons. The van der Waals surface area contributed by atoms with Crippen molar-refractivity contribution < 1.29 is 9.59 Å². The monoisotopic (exact) mass is 419 g/mol. The van der Waals surface area contributed by atoms with Crippen LogP contribution in [0.25, 0.3) is 0 Å². The topological polar surface area (TPSA) is 61.7 Å². The third kappa shape index (κ3) is 4.02. The Morgan fingerprint density at radius 1 is 0.968 bits per heavy atom. The minimum Gasteiger partial charge on any atom is -0.368 e. The molecule has 0 N–H and O–H groups in total. The van der Waals surface area contributed by atoms with Crippen LogP contribution in [-0.2, 0) is 6.54 Å². The number of nitrogens with zero attached hydrogens (tertiary/aromatic N) is 5. The van der Waals surface area contributed by atoms with E-state index in [1.165, 1.54) is 24.2 Å². The van der Waals surface area contributed by atoms with Crippen LogP contribution in [0.4, 0.5) is 5.69 Å². The Hall–Kier alpha value is -2.93. The molecule has 3 heterocycles. The van der Waals surface area contributed by atoms with E-state index in [9.17, 15) is 9.59 Å². The van der Waals surface area contributed by atoms with Crippen molar-refractivity contribution in [3.8, 4) is 0 Å². The molecule has 0 spiro atoms. The first-order valence-electron chi connectivity index (χ1n) is 11.3. The van der Waals surface area contributed by atoms with Gasteiger partial charge in [-0.25, -0.2) is 0 Å². The van der Waals surface area contributed by atoms with Crippen LogP contribution in [0, 0.1) is 5.92 Å². The summed E-state index contributed by atoms with van der Waals surface area (Å²) >= 11 is 0. The molecule has 5 rings (SSSR count). The number of hydrogen-bond acceptors (Lipinski definition) is 5. The molecule has 2 aromatic rings. The molecule has 0 saturated carbocycles. The summed E-state index contributed by atoms with van der Waals surface area (Å²) in [6.45, 7) is 5.75. The summed E-state index contributed by atoms with van der Waals surface area (Å²) in [4.78, 5) is 32.3. The maximum Gasteiger partial charge on any atom is 0.263 e. The van der Waals surface area contributed by atoms with Crippen LogP contribution in [0.5, 0.6) is 0 Å².